The van der Waals surface area contributed by atoms with Crippen LogP contribution < -0.4 is 5.90 Å². The molecule has 0 aromatic heterocycles. The zero-order valence-electron chi connectivity index (χ0n) is 6.67. The molecule has 0 radical (unpaired) electrons. The Labute approximate surface area is 81.0 Å². The molecule has 5 nitrogen and oxygen atoms in total. The second kappa shape index (κ2) is 5.47. The summed E-state index contributed by atoms with van der Waals surface area (Å²) in [4.78, 5) is 14.3. The van der Waals surface area contributed by atoms with Crippen molar-refractivity contribution in [2.75, 3.05) is 0 Å². The van der Waals surface area contributed by atoms with Crippen molar-refractivity contribution < 1.29 is 9.76 Å². The molecule has 0 fully saturated rings. The minimum atomic E-state index is -0.464. The van der Waals surface area contributed by atoms with Gasteiger partial charge in [0.15, 0.2) is 0 Å². The van der Waals surface area contributed by atoms with Gasteiger partial charge in [0.25, 0.3) is 5.69 Å². The molecule has 0 bridgehead atoms. The highest BCUT2D eigenvalue weighted by Gasteiger charge is 2.10. The van der Waals surface area contributed by atoms with Crippen LogP contribution in [0.3, 0.4) is 0 Å². The molecule has 6 heteroatoms. The molecule has 0 atom stereocenters. The summed E-state index contributed by atoms with van der Waals surface area (Å²) in [5, 5.41) is 10.4. The average molecular weight is 205 g/mol. The summed E-state index contributed by atoms with van der Waals surface area (Å²) in [6.07, 6.45) is 0. The van der Waals surface area contributed by atoms with Crippen LogP contribution in [0.15, 0.2) is 24.3 Å². The molecule has 0 aliphatic heterocycles. The second-order valence-corrected chi connectivity index (χ2v) is 2.20. The lowest BCUT2D eigenvalue weighted by atomic mass is 10.2. The van der Waals surface area contributed by atoms with Crippen LogP contribution in [-0.4, -0.2) is 4.92 Å². The van der Waals surface area contributed by atoms with E-state index in [2.05, 4.69) is 4.84 Å². The third kappa shape index (κ3) is 2.98. The molecule has 0 unspecified atom stereocenters. The summed E-state index contributed by atoms with van der Waals surface area (Å²) in [5.41, 5.74) is 0.507. The Morgan fingerprint density at radius 1 is 1.46 bits per heavy atom. The topological polar surface area (TPSA) is 78.4 Å². The molecule has 0 amide bonds. The fourth-order valence-electron chi connectivity index (χ4n) is 0.901. The van der Waals surface area contributed by atoms with Crippen molar-refractivity contribution in [2.45, 2.75) is 6.61 Å². The summed E-state index contributed by atoms with van der Waals surface area (Å²) in [7, 11) is 0. The highest BCUT2D eigenvalue weighted by molar-refractivity contribution is 5.85. The quantitative estimate of drug-likeness (QED) is 0.596. The lowest BCUT2D eigenvalue weighted by Gasteiger charge is -1.99. The minimum absolute atomic E-state index is 0. The van der Waals surface area contributed by atoms with Gasteiger partial charge in [0, 0.05) is 6.07 Å². The number of para-hydroxylation sites is 1. The molecule has 1 aromatic carbocycles. The van der Waals surface area contributed by atoms with Crippen LogP contribution in [0, 0.1) is 10.1 Å². The van der Waals surface area contributed by atoms with Gasteiger partial charge in [-0.2, -0.15) is 0 Å². The Hall–Kier alpha value is -1.17. The number of hydrogen-bond acceptors (Lipinski definition) is 4. The Kier molecular flexibility index (Phi) is 4.98. The summed E-state index contributed by atoms with van der Waals surface area (Å²) < 4.78 is 0. The fourth-order valence-corrected chi connectivity index (χ4v) is 0.901. The number of benzene rings is 1. The zero-order chi connectivity index (χ0) is 8.97. The summed E-state index contributed by atoms with van der Waals surface area (Å²) in [6.45, 7) is 0.0527. The van der Waals surface area contributed by atoms with Crippen LogP contribution in [0.2, 0.25) is 0 Å². The molecule has 0 aliphatic rings. The fraction of sp³-hybridized carbons (Fsp3) is 0.143. The van der Waals surface area contributed by atoms with E-state index in [0.717, 1.165) is 0 Å². The van der Waals surface area contributed by atoms with E-state index in [9.17, 15) is 10.1 Å². The van der Waals surface area contributed by atoms with Crippen molar-refractivity contribution in [2.24, 2.45) is 5.90 Å². The van der Waals surface area contributed by atoms with Crippen LogP contribution in [-0.2, 0) is 11.4 Å². The van der Waals surface area contributed by atoms with Crippen molar-refractivity contribution in [1.82, 2.24) is 0 Å². The predicted octanol–water partition coefficient (Wildman–Crippen LogP) is 1.41. The first kappa shape index (κ1) is 11.8. The van der Waals surface area contributed by atoms with E-state index in [4.69, 9.17) is 5.90 Å². The molecule has 1 rings (SSSR count). The Morgan fingerprint density at radius 2 is 2.08 bits per heavy atom. The standard InChI is InChI=1S/C7H8N2O3.ClH/c8-12-5-6-3-1-2-4-7(6)9(10)11;/h1-4H,5,8H2;1H. The van der Waals surface area contributed by atoms with Crippen molar-refractivity contribution in [1.29, 1.82) is 0 Å². The molecule has 0 aliphatic carbocycles. The van der Waals surface area contributed by atoms with Gasteiger partial charge in [-0.1, -0.05) is 12.1 Å². The van der Waals surface area contributed by atoms with Crippen molar-refractivity contribution >= 4 is 18.1 Å². The lowest BCUT2D eigenvalue weighted by Crippen LogP contribution is -2.01. The van der Waals surface area contributed by atoms with Crippen LogP contribution >= 0.6 is 12.4 Å². The predicted molar refractivity (Wildman–Crippen MR) is 49.3 cm³/mol. The van der Waals surface area contributed by atoms with E-state index in [0.29, 0.717) is 5.56 Å². The highest BCUT2D eigenvalue weighted by Crippen LogP contribution is 2.17. The van der Waals surface area contributed by atoms with Crippen LogP contribution in [0.1, 0.15) is 5.56 Å². The third-order valence-corrected chi connectivity index (χ3v) is 1.43. The first-order valence-electron chi connectivity index (χ1n) is 3.29. The zero-order valence-corrected chi connectivity index (χ0v) is 7.49. The van der Waals surface area contributed by atoms with E-state index in [1.807, 2.05) is 0 Å². The van der Waals surface area contributed by atoms with Gasteiger partial charge in [-0.3, -0.25) is 15.0 Å². The number of hydrogen-bond donors (Lipinski definition) is 1. The maximum Gasteiger partial charge on any atom is 0.274 e. The normalized spacial score (nSPS) is 9.00. The van der Waals surface area contributed by atoms with E-state index >= 15 is 0 Å². The van der Waals surface area contributed by atoms with Gasteiger partial charge >= 0.3 is 0 Å². The largest absolute Gasteiger partial charge is 0.300 e. The van der Waals surface area contributed by atoms with Gasteiger partial charge in [0.2, 0.25) is 0 Å². The molecule has 0 saturated heterocycles. The average Bonchev–Trinajstić information content (AvgIpc) is 2.05. The molecule has 0 spiro atoms. The number of nitro groups is 1. The monoisotopic (exact) mass is 204 g/mol. The first-order chi connectivity index (χ1) is 5.75. The van der Waals surface area contributed by atoms with Gasteiger partial charge in [0.05, 0.1) is 17.1 Å². The Bertz CT molecular complexity index is 293. The summed E-state index contributed by atoms with van der Waals surface area (Å²) in [6, 6.07) is 6.30. The van der Waals surface area contributed by atoms with E-state index in [1.54, 1.807) is 18.2 Å². The number of nitrogens with two attached hydrogens (primary N) is 1. The van der Waals surface area contributed by atoms with Crippen LogP contribution in [0.25, 0.3) is 0 Å². The minimum Gasteiger partial charge on any atom is -0.300 e. The lowest BCUT2D eigenvalue weighted by molar-refractivity contribution is -0.386. The maximum absolute atomic E-state index is 10.4. The van der Waals surface area contributed by atoms with Crippen molar-refractivity contribution in [3.63, 3.8) is 0 Å². The van der Waals surface area contributed by atoms with E-state index < -0.39 is 4.92 Å². The molecular weight excluding hydrogens is 196 g/mol. The van der Waals surface area contributed by atoms with Crippen LogP contribution in [0.5, 0.6) is 0 Å². The molecule has 2 N–H and O–H groups in total. The molecule has 13 heavy (non-hydrogen) atoms. The Morgan fingerprint density at radius 3 is 2.62 bits per heavy atom. The maximum atomic E-state index is 10.4. The molecule has 0 heterocycles. The number of nitrogens with zero attached hydrogens (tertiary/aromatic N) is 1. The molecule has 72 valence electrons. The SMILES string of the molecule is Cl.NOCc1ccccc1[N+](=O)[O-]. The van der Waals surface area contributed by atoms with Gasteiger partial charge in [-0.15, -0.1) is 12.4 Å². The number of nitro benzene ring substituents is 1. The van der Waals surface area contributed by atoms with Gasteiger partial charge in [-0.05, 0) is 6.07 Å². The molecular formula is C7H9ClN2O3. The van der Waals surface area contributed by atoms with Crippen molar-refractivity contribution in [3.8, 4) is 0 Å². The Balaban J connectivity index is 0.00000144. The van der Waals surface area contributed by atoms with Gasteiger partial charge in [-0.25, -0.2) is 5.90 Å². The highest BCUT2D eigenvalue weighted by atomic mass is 35.5. The van der Waals surface area contributed by atoms with Gasteiger partial charge in [0.1, 0.15) is 0 Å². The molecule has 0 saturated carbocycles. The van der Waals surface area contributed by atoms with E-state index in [-0.39, 0.29) is 24.7 Å². The number of halogens is 1. The van der Waals surface area contributed by atoms with E-state index in [1.165, 1.54) is 6.07 Å². The summed E-state index contributed by atoms with van der Waals surface area (Å²) in [5.74, 6) is 4.81. The second-order valence-electron chi connectivity index (χ2n) is 2.20. The summed E-state index contributed by atoms with van der Waals surface area (Å²) >= 11 is 0. The van der Waals surface area contributed by atoms with Crippen molar-refractivity contribution in [3.05, 3.63) is 39.9 Å². The first-order valence-corrected chi connectivity index (χ1v) is 3.29. The van der Waals surface area contributed by atoms with Gasteiger partial charge < -0.3 is 0 Å². The smallest absolute Gasteiger partial charge is 0.274 e. The molecule has 1 aromatic rings. The van der Waals surface area contributed by atoms with Crippen LogP contribution in [0.4, 0.5) is 5.69 Å². The third-order valence-electron chi connectivity index (χ3n) is 1.43. The number of rotatable bonds is 3.